The lowest BCUT2D eigenvalue weighted by Gasteiger charge is -2.30. The number of nitrogens with zero attached hydrogens (tertiary/aromatic N) is 1. The molecule has 0 radical (unpaired) electrons. The zero-order valence-corrected chi connectivity index (χ0v) is 10.1. The van der Waals surface area contributed by atoms with Crippen molar-refractivity contribution in [1.29, 1.82) is 0 Å². The highest BCUT2D eigenvalue weighted by Gasteiger charge is 2.38. The summed E-state index contributed by atoms with van der Waals surface area (Å²) in [5, 5.41) is 9.16. The molecule has 0 bridgehead atoms. The maximum atomic E-state index is 12.4. The first-order chi connectivity index (χ1) is 8.11. The van der Waals surface area contributed by atoms with Gasteiger partial charge in [0.05, 0.1) is 11.8 Å². The van der Waals surface area contributed by atoms with Crippen molar-refractivity contribution in [2.75, 3.05) is 6.54 Å². The molecule has 1 fully saturated rings. The number of carbonyl (C=O) groups is 2. The van der Waals surface area contributed by atoms with Gasteiger partial charge in [-0.15, -0.1) is 0 Å². The van der Waals surface area contributed by atoms with E-state index in [1.165, 1.54) is 0 Å². The Kier molecular flexibility index (Phi) is 3.50. The average Bonchev–Trinajstić information content (AvgIpc) is 2.74. The molecule has 1 aliphatic carbocycles. The van der Waals surface area contributed by atoms with E-state index in [2.05, 4.69) is 0 Å². The SMILES string of the molecule is CC1CCCN1C(=O)[C@@H]1CC=CC[C@@H]1C(=O)O. The average molecular weight is 237 g/mol. The molecule has 1 aliphatic heterocycles. The maximum absolute atomic E-state index is 12.4. The van der Waals surface area contributed by atoms with Crippen molar-refractivity contribution in [3.05, 3.63) is 12.2 Å². The van der Waals surface area contributed by atoms with Crippen LogP contribution in [-0.2, 0) is 9.59 Å². The number of allylic oxidation sites excluding steroid dienone is 2. The molecule has 4 nitrogen and oxygen atoms in total. The number of hydrogen-bond donors (Lipinski definition) is 1. The van der Waals surface area contributed by atoms with E-state index in [0.29, 0.717) is 12.8 Å². The molecule has 3 atom stereocenters. The standard InChI is InChI=1S/C13H19NO3/c1-9-5-4-8-14(9)12(15)10-6-2-3-7-11(10)13(16)17/h2-3,9-11H,4-8H2,1H3,(H,16,17)/t9?,10-,11+/m1/s1. The van der Waals surface area contributed by atoms with E-state index in [9.17, 15) is 9.59 Å². The Morgan fingerprint density at radius 3 is 2.41 bits per heavy atom. The van der Waals surface area contributed by atoms with Crippen LogP contribution in [0.15, 0.2) is 12.2 Å². The number of carboxylic acids is 1. The number of likely N-dealkylation sites (tertiary alicyclic amines) is 1. The van der Waals surface area contributed by atoms with Crippen molar-refractivity contribution in [3.63, 3.8) is 0 Å². The highest BCUT2D eigenvalue weighted by molar-refractivity contribution is 5.85. The minimum Gasteiger partial charge on any atom is -0.481 e. The highest BCUT2D eigenvalue weighted by Crippen LogP contribution is 2.30. The van der Waals surface area contributed by atoms with E-state index in [4.69, 9.17) is 5.11 Å². The zero-order chi connectivity index (χ0) is 12.4. The van der Waals surface area contributed by atoms with Crippen LogP contribution in [0.1, 0.15) is 32.6 Å². The van der Waals surface area contributed by atoms with E-state index in [-0.39, 0.29) is 17.9 Å². The van der Waals surface area contributed by atoms with Gasteiger partial charge in [0.15, 0.2) is 0 Å². The summed E-state index contributed by atoms with van der Waals surface area (Å²) in [6.45, 7) is 2.83. The second kappa shape index (κ2) is 4.90. The quantitative estimate of drug-likeness (QED) is 0.743. The molecule has 4 heteroatoms. The van der Waals surface area contributed by atoms with Crippen molar-refractivity contribution in [3.8, 4) is 0 Å². The van der Waals surface area contributed by atoms with Crippen LogP contribution in [0.2, 0.25) is 0 Å². The first-order valence-electron chi connectivity index (χ1n) is 6.29. The molecule has 2 rings (SSSR count). The van der Waals surface area contributed by atoms with E-state index >= 15 is 0 Å². The van der Waals surface area contributed by atoms with Crippen LogP contribution in [-0.4, -0.2) is 34.5 Å². The van der Waals surface area contributed by atoms with Gasteiger partial charge in [0.1, 0.15) is 0 Å². The Balaban J connectivity index is 2.11. The van der Waals surface area contributed by atoms with Crippen LogP contribution in [0.25, 0.3) is 0 Å². The molecule has 2 aliphatic rings. The molecule has 0 aromatic rings. The number of carboxylic acid groups (broad SMARTS) is 1. The summed E-state index contributed by atoms with van der Waals surface area (Å²) in [6.07, 6.45) is 6.92. The predicted molar refractivity (Wildman–Crippen MR) is 63.4 cm³/mol. The summed E-state index contributed by atoms with van der Waals surface area (Å²) < 4.78 is 0. The molecule has 0 aromatic carbocycles. The van der Waals surface area contributed by atoms with Gasteiger partial charge in [0, 0.05) is 12.6 Å². The second-order valence-electron chi connectivity index (χ2n) is 5.02. The smallest absolute Gasteiger partial charge is 0.307 e. The van der Waals surface area contributed by atoms with Crippen LogP contribution in [0.5, 0.6) is 0 Å². The number of amides is 1. The fourth-order valence-corrected chi connectivity index (χ4v) is 2.83. The molecule has 0 spiro atoms. The second-order valence-corrected chi connectivity index (χ2v) is 5.02. The number of carbonyl (C=O) groups excluding carboxylic acids is 1. The van der Waals surface area contributed by atoms with Gasteiger partial charge in [0.2, 0.25) is 5.91 Å². The molecule has 1 saturated heterocycles. The molecule has 0 aromatic heterocycles. The highest BCUT2D eigenvalue weighted by atomic mass is 16.4. The normalized spacial score (nSPS) is 32.8. The fraction of sp³-hybridized carbons (Fsp3) is 0.692. The van der Waals surface area contributed by atoms with E-state index in [1.807, 2.05) is 24.0 Å². The molecule has 1 unspecified atom stereocenters. The van der Waals surface area contributed by atoms with Gasteiger partial charge in [-0.25, -0.2) is 0 Å². The Labute approximate surface area is 101 Å². The van der Waals surface area contributed by atoms with Crippen LogP contribution in [0, 0.1) is 11.8 Å². The van der Waals surface area contributed by atoms with Crippen LogP contribution < -0.4 is 0 Å². The number of rotatable bonds is 2. The summed E-state index contributed by atoms with van der Waals surface area (Å²) in [4.78, 5) is 25.4. The van der Waals surface area contributed by atoms with Gasteiger partial charge in [0.25, 0.3) is 0 Å². The molecule has 17 heavy (non-hydrogen) atoms. The molecule has 1 N–H and O–H groups in total. The predicted octanol–water partition coefficient (Wildman–Crippen LogP) is 1.66. The van der Waals surface area contributed by atoms with Crippen LogP contribution >= 0.6 is 0 Å². The van der Waals surface area contributed by atoms with Crippen molar-refractivity contribution in [2.45, 2.75) is 38.6 Å². The third-order valence-corrected chi connectivity index (χ3v) is 3.90. The summed E-state index contributed by atoms with van der Waals surface area (Å²) >= 11 is 0. The minimum absolute atomic E-state index is 0.0340. The van der Waals surface area contributed by atoms with Gasteiger partial charge in [-0.2, -0.15) is 0 Å². The van der Waals surface area contributed by atoms with Gasteiger partial charge >= 0.3 is 5.97 Å². The Hall–Kier alpha value is -1.32. The minimum atomic E-state index is -0.848. The third kappa shape index (κ3) is 2.35. The largest absolute Gasteiger partial charge is 0.481 e. The van der Waals surface area contributed by atoms with Crippen LogP contribution in [0.3, 0.4) is 0 Å². The summed E-state index contributed by atoms with van der Waals surface area (Å²) in [5.74, 6) is -1.72. The maximum Gasteiger partial charge on any atom is 0.307 e. The molecule has 0 saturated carbocycles. The molecule has 1 amide bonds. The lowest BCUT2D eigenvalue weighted by molar-refractivity contribution is -0.150. The first-order valence-corrected chi connectivity index (χ1v) is 6.29. The number of hydrogen-bond acceptors (Lipinski definition) is 2. The van der Waals surface area contributed by atoms with Crippen molar-refractivity contribution < 1.29 is 14.7 Å². The molecular weight excluding hydrogens is 218 g/mol. The number of aliphatic carboxylic acids is 1. The molecular formula is C13H19NO3. The lowest BCUT2D eigenvalue weighted by atomic mass is 9.82. The Morgan fingerprint density at radius 1 is 1.24 bits per heavy atom. The summed E-state index contributed by atoms with van der Waals surface area (Å²) in [6, 6.07) is 0.267. The lowest BCUT2D eigenvalue weighted by Crippen LogP contribution is -2.43. The summed E-state index contributed by atoms with van der Waals surface area (Å²) in [5.41, 5.74) is 0. The van der Waals surface area contributed by atoms with Crippen molar-refractivity contribution in [2.24, 2.45) is 11.8 Å². The fourth-order valence-electron chi connectivity index (χ4n) is 2.83. The van der Waals surface area contributed by atoms with Gasteiger partial charge in [-0.3, -0.25) is 9.59 Å². The molecule has 94 valence electrons. The summed E-state index contributed by atoms with van der Waals surface area (Å²) in [7, 11) is 0. The van der Waals surface area contributed by atoms with Gasteiger partial charge in [-0.1, -0.05) is 12.2 Å². The topological polar surface area (TPSA) is 57.6 Å². The van der Waals surface area contributed by atoms with Gasteiger partial charge < -0.3 is 10.0 Å². The Morgan fingerprint density at radius 2 is 1.88 bits per heavy atom. The van der Waals surface area contributed by atoms with E-state index < -0.39 is 11.9 Å². The monoisotopic (exact) mass is 237 g/mol. The molecule has 1 heterocycles. The van der Waals surface area contributed by atoms with Crippen LogP contribution in [0.4, 0.5) is 0 Å². The first kappa shape index (κ1) is 12.1. The van der Waals surface area contributed by atoms with E-state index in [0.717, 1.165) is 19.4 Å². The zero-order valence-electron chi connectivity index (χ0n) is 10.1. The van der Waals surface area contributed by atoms with Gasteiger partial charge in [-0.05, 0) is 32.6 Å². The van der Waals surface area contributed by atoms with Crippen molar-refractivity contribution in [1.82, 2.24) is 4.90 Å². The third-order valence-electron chi connectivity index (χ3n) is 3.90. The van der Waals surface area contributed by atoms with E-state index in [1.54, 1.807) is 0 Å². The van der Waals surface area contributed by atoms with Crippen molar-refractivity contribution >= 4 is 11.9 Å². The Bertz CT molecular complexity index is 351.